The predicted molar refractivity (Wildman–Crippen MR) is 210 cm³/mol. The van der Waals surface area contributed by atoms with Gasteiger partial charge < -0.3 is 48.8 Å². The average molecular weight is 813 g/mol. The Bertz CT molecular complexity index is 1710. The van der Waals surface area contributed by atoms with E-state index in [-0.39, 0.29) is 47.4 Å². The Morgan fingerprint density at radius 3 is 1.29 bits per heavy atom. The van der Waals surface area contributed by atoms with Crippen molar-refractivity contribution in [1.82, 2.24) is 0 Å². The summed E-state index contributed by atoms with van der Waals surface area (Å²) in [6, 6.07) is 0. The van der Waals surface area contributed by atoms with Crippen molar-refractivity contribution in [2.45, 2.75) is 179 Å². The Morgan fingerprint density at radius 2 is 0.983 bits per heavy atom. The minimum Gasteiger partial charge on any atom is -0.459 e. The lowest BCUT2D eigenvalue weighted by molar-refractivity contribution is -0.310. The topological polar surface area (TPSA) is 170 Å². The minimum absolute atomic E-state index is 0.0437. The summed E-state index contributed by atoms with van der Waals surface area (Å²) in [5.74, 6) is -0.604. The first-order valence-electron chi connectivity index (χ1n) is 21.9. The lowest BCUT2D eigenvalue weighted by Gasteiger charge is -2.61. The second kappa shape index (κ2) is 12.4. The van der Waals surface area contributed by atoms with Gasteiger partial charge in [-0.25, -0.2) is 0 Å². The molecule has 12 heteroatoms. The van der Waals surface area contributed by atoms with E-state index >= 15 is 0 Å². The third kappa shape index (κ3) is 4.22. The molecular formula is C46H68O12. The summed E-state index contributed by atoms with van der Waals surface area (Å²) in [4.78, 5) is 24.3. The molecule has 0 aromatic carbocycles. The maximum absolute atomic E-state index is 12.2. The average Bonchev–Trinajstić information content (AvgIpc) is 3.74. The zero-order valence-electron chi connectivity index (χ0n) is 36.5. The molecule has 58 heavy (non-hydrogen) atoms. The zero-order chi connectivity index (χ0) is 42.3. The van der Waals surface area contributed by atoms with Crippen molar-refractivity contribution in [1.29, 1.82) is 0 Å². The molecular weight excluding hydrogens is 744 g/mol. The molecule has 10 rings (SSSR count). The summed E-state index contributed by atoms with van der Waals surface area (Å²) in [7, 11) is 3.27. The fourth-order valence-electron chi connectivity index (χ4n) is 17.1. The van der Waals surface area contributed by atoms with Crippen LogP contribution in [0.3, 0.4) is 0 Å². The normalized spacial score (nSPS) is 56.6. The highest BCUT2D eigenvalue weighted by atomic mass is 16.6. The number of carbonyl (C=O) groups is 2. The first kappa shape index (κ1) is 41.5. The van der Waals surface area contributed by atoms with Gasteiger partial charge in [-0.05, 0) is 51.4 Å². The van der Waals surface area contributed by atoms with Gasteiger partial charge in [0.1, 0.15) is 23.4 Å². The van der Waals surface area contributed by atoms with Crippen LogP contribution >= 0.6 is 0 Å². The second-order valence-corrected chi connectivity index (χ2v) is 21.6. The number of methoxy groups -OCH3 is 2. The molecule has 0 aromatic heterocycles. The summed E-state index contributed by atoms with van der Waals surface area (Å²) in [6.45, 7) is 19.4. The van der Waals surface area contributed by atoms with Crippen LogP contribution < -0.4 is 0 Å². The Morgan fingerprint density at radius 1 is 0.638 bits per heavy atom. The maximum Gasteiger partial charge on any atom is 0.303 e. The summed E-state index contributed by atoms with van der Waals surface area (Å²) in [5.41, 5.74) is -2.85. The lowest BCUT2D eigenvalue weighted by atomic mass is 9.55. The zero-order valence-corrected chi connectivity index (χ0v) is 36.5. The van der Waals surface area contributed by atoms with Gasteiger partial charge in [0.15, 0.2) is 0 Å². The molecule has 6 aliphatic carbocycles. The highest BCUT2D eigenvalue weighted by Gasteiger charge is 2.87. The van der Waals surface area contributed by atoms with Crippen molar-refractivity contribution < 1.29 is 58.4 Å². The molecule has 8 fully saturated rings. The van der Waals surface area contributed by atoms with Crippen molar-refractivity contribution in [2.24, 2.45) is 57.2 Å². The van der Waals surface area contributed by atoms with E-state index in [2.05, 4.69) is 39.8 Å². The molecule has 20 atom stereocenters. The van der Waals surface area contributed by atoms with Crippen molar-refractivity contribution in [2.75, 3.05) is 14.2 Å². The van der Waals surface area contributed by atoms with Crippen LogP contribution in [-0.2, 0) is 38.0 Å². The minimum atomic E-state index is -0.847. The summed E-state index contributed by atoms with van der Waals surface area (Å²) >= 11 is 0. The lowest BCUT2D eigenvalue weighted by Crippen LogP contribution is -2.69. The molecule has 4 saturated carbocycles. The summed E-state index contributed by atoms with van der Waals surface area (Å²) in [5, 5.41) is 45.3. The number of aliphatic hydroxyl groups excluding tert-OH is 4. The summed E-state index contributed by atoms with van der Waals surface area (Å²) in [6.07, 6.45) is 4.52. The van der Waals surface area contributed by atoms with Gasteiger partial charge in [0.05, 0.1) is 47.8 Å². The van der Waals surface area contributed by atoms with Crippen molar-refractivity contribution >= 4 is 11.9 Å². The quantitative estimate of drug-likeness (QED) is 0.233. The Kier molecular flexibility index (Phi) is 8.85. The Labute approximate surface area is 343 Å². The van der Waals surface area contributed by atoms with Crippen LogP contribution in [0, 0.1) is 57.2 Å². The Hall–Kier alpha value is -1.90. The number of ether oxygens (including phenoxy) is 6. The number of esters is 2. The van der Waals surface area contributed by atoms with Crippen LogP contribution in [0.2, 0.25) is 0 Å². The molecule has 4 heterocycles. The van der Waals surface area contributed by atoms with Gasteiger partial charge in [-0.2, -0.15) is 0 Å². The van der Waals surface area contributed by atoms with Gasteiger partial charge >= 0.3 is 11.9 Å². The van der Waals surface area contributed by atoms with Gasteiger partial charge in [0.25, 0.3) is 0 Å². The molecule has 0 amide bonds. The van der Waals surface area contributed by atoms with Crippen LogP contribution in [0.5, 0.6) is 0 Å². The highest BCUT2D eigenvalue weighted by Crippen LogP contribution is 2.78. The van der Waals surface area contributed by atoms with Crippen LogP contribution in [-0.4, -0.2) is 118 Å². The van der Waals surface area contributed by atoms with Crippen LogP contribution in [0.25, 0.3) is 0 Å². The molecule has 12 nitrogen and oxygen atoms in total. The number of rotatable bonds is 4. The Balaban J connectivity index is 0.000000150. The third-order valence-corrected chi connectivity index (χ3v) is 19.4. The first-order valence-corrected chi connectivity index (χ1v) is 21.9. The van der Waals surface area contributed by atoms with E-state index in [1.165, 1.54) is 25.0 Å². The predicted octanol–water partition coefficient (Wildman–Crippen LogP) is 4.43. The van der Waals surface area contributed by atoms with E-state index in [9.17, 15) is 30.0 Å². The molecule has 324 valence electrons. The number of fused-ring (bicyclic) bond motifs is 2. The number of hydrogen-bond donors (Lipinski definition) is 4. The monoisotopic (exact) mass is 812 g/mol. The fraction of sp³-hybridized carbons (Fsp3) is 0.870. The van der Waals surface area contributed by atoms with Crippen molar-refractivity contribution in [3.05, 3.63) is 23.3 Å². The molecule has 10 aliphatic rings. The molecule has 4 aliphatic heterocycles. The molecule has 0 unspecified atom stereocenters. The van der Waals surface area contributed by atoms with Crippen LogP contribution in [0.1, 0.15) is 108 Å². The highest BCUT2D eigenvalue weighted by molar-refractivity contribution is 5.67. The van der Waals surface area contributed by atoms with E-state index in [1.807, 2.05) is 27.7 Å². The molecule has 6 spiro atoms. The van der Waals surface area contributed by atoms with E-state index in [0.29, 0.717) is 12.8 Å². The molecule has 0 radical (unpaired) electrons. The largest absolute Gasteiger partial charge is 0.459 e. The number of aliphatic hydroxyl groups is 4. The van der Waals surface area contributed by atoms with Gasteiger partial charge in [0, 0.05) is 86.2 Å². The van der Waals surface area contributed by atoms with Crippen molar-refractivity contribution in [3.63, 3.8) is 0 Å². The SMILES string of the molecule is CO[C@@H]1[C@H]2[C@@H](C)[C@]34CC[C@H]5C(C)=C[C@]3(C[C@@H](OC(C)=O)[C@]2(O4)C(C)(C)[C@H]1O)[C@@H]5O.CO[C@@H]1[C@H]2[C@@H](C)[C@]34CC[C@H]5C(C)=C[C@]3(C[C@@H](OC(C)=O)[C@]2(O4)C(C)(C)[C@H]1O)[C@@H]5O. The second-order valence-electron chi connectivity index (χ2n) is 21.6. The molecule has 0 aromatic rings. The summed E-state index contributed by atoms with van der Waals surface area (Å²) < 4.78 is 37.9. The van der Waals surface area contributed by atoms with Gasteiger partial charge in [-0.1, -0.05) is 64.8 Å². The van der Waals surface area contributed by atoms with Crippen LogP contribution in [0.4, 0.5) is 0 Å². The van der Waals surface area contributed by atoms with Gasteiger partial charge in [-0.15, -0.1) is 0 Å². The first-order chi connectivity index (χ1) is 27.0. The van der Waals surface area contributed by atoms with Gasteiger partial charge in [0.2, 0.25) is 0 Å². The fourth-order valence-corrected chi connectivity index (χ4v) is 17.1. The number of hydrogen-bond acceptors (Lipinski definition) is 12. The smallest absolute Gasteiger partial charge is 0.303 e. The van der Waals surface area contributed by atoms with E-state index in [0.717, 1.165) is 25.7 Å². The van der Waals surface area contributed by atoms with E-state index < -0.39 is 92.9 Å². The van der Waals surface area contributed by atoms with E-state index in [4.69, 9.17) is 28.4 Å². The number of carbonyl (C=O) groups excluding carboxylic acids is 2. The molecule has 8 bridgehead atoms. The van der Waals surface area contributed by atoms with Crippen molar-refractivity contribution in [3.8, 4) is 0 Å². The maximum atomic E-state index is 12.2. The molecule has 4 saturated heterocycles. The van der Waals surface area contributed by atoms with E-state index in [1.54, 1.807) is 14.2 Å². The third-order valence-electron chi connectivity index (χ3n) is 19.4. The van der Waals surface area contributed by atoms with Gasteiger partial charge in [-0.3, -0.25) is 9.59 Å². The van der Waals surface area contributed by atoms with Crippen LogP contribution in [0.15, 0.2) is 23.3 Å². The molecule has 4 N–H and O–H groups in total. The standard InChI is InChI=1S/2C23H34O6/c2*1-11-9-21-10-15(28-13(3)24)23-16(17(27-6)19(26)20(23,4)5)12(2)22(21,29-23)8-7-14(11)18(21)25/h2*9,12,14-19,25-26H,7-8,10H2,1-6H3/t2*12-,14+,15-,16-,17-,18-,19+,21+,22-,23-/m11/s1.